The minimum Gasteiger partial charge on any atom is -0.505 e. The maximum atomic E-state index is 13.1. The summed E-state index contributed by atoms with van der Waals surface area (Å²) < 4.78 is 26.0. The van der Waals surface area contributed by atoms with Crippen LogP contribution in [0.25, 0.3) is 0 Å². The molecule has 6 heteroatoms. The molecule has 2 aromatic rings. The molecule has 0 atom stereocenters. The van der Waals surface area contributed by atoms with E-state index in [0.717, 1.165) is 6.07 Å². The number of hydrogen-bond acceptors (Lipinski definition) is 3. The minimum absolute atomic E-state index is 0.0148. The summed E-state index contributed by atoms with van der Waals surface area (Å²) in [6, 6.07) is 9.41. The maximum Gasteiger partial charge on any atom is 0.244 e. The largest absolute Gasteiger partial charge is 0.505 e. The minimum atomic E-state index is -0.773. The summed E-state index contributed by atoms with van der Waals surface area (Å²) in [5, 5.41) is 12.7. The Hall–Kier alpha value is -2.76. The fourth-order valence-electron chi connectivity index (χ4n) is 1.65. The Labute approximate surface area is 119 Å². The van der Waals surface area contributed by atoms with Crippen molar-refractivity contribution in [1.82, 2.24) is 5.43 Å². The normalized spacial score (nSPS) is 10.8. The zero-order valence-corrected chi connectivity index (χ0v) is 10.9. The highest BCUT2D eigenvalue weighted by atomic mass is 19.1. The van der Waals surface area contributed by atoms with Gasteiger partial charge in [-0.3, -0.25) is 4.79 Å². The molecule has 0 aliphatic heterocycles. The molecule has 0 radical (unpaired) electrons. The van der Waals surface area contributed by atoms with Crippen LogP contribution in [0.5, 0.6) is 5.75 Å². The number of nitrogens with one attached hydrogen (secondary N) is 1. The van der Waals surface area contributed by atoms with E-state index in [2.05, 4.69) is 10.5 Å². The number of hydrogen-bond donors (Lipinski definition) is 2. The van der Waals surface area contributed by atoms with Gasteiger partial charge in [-0.2, -0.15) is 5.10 Å². The number of carbonyl (C=O) groups excluding carboxylic acids is 1. The van der Waals surface area contributed by atoms with E-state index in [1.54, 1.807) is 6.07 Å². The van der Waals surface area contributed by atoms with Crippen molar-refractivity contribution in [3.05, 3.63) is 65.2 Å². The van der Waals surface area contributed by atoms with Crippen molar-refractivity contribution in [2.75, 3.05) is 0 Å². The van der Waals surface area contributed by atoms with Gasteiger partial charge in [-0.05, 0) is 41.5 Å². The third-order valence-electron chi connectivity index (χ3n) is 2.63. The van der Waals surface area contributed by atoms with Gasteiger partial charge in [0, 0.05) is 0 Å². The molecule has 1 amide bonds. The molecule has 0 spiro atoms. The highest BCUT2D eigenvalue weighted by Gasteiger charge is 2.03. The first-order valence-electron chi connectivity index (χ1n) is 6.09. The maximum absolute atomic E-state index is 13.1. The number of carbonyl (C=O) groups is 1. The van der Waals surface area contributed by atoms with E-state index in [1.807, 2.05) is 0 Å². The zero-order chi connectivity index (χ0) is 15.2. The lowest BCUT2D eigenvalue weighted by Gasteiger charge is -2.01. The van der Waals surface area contributed by atoms with Crippen LogP contribution in [-0.2, 0) is 11.2 Å². The Kier molecular flexibility index (Phi) is 4.61. The van der Waals surface area contributed by atoms with Crippen molar-refractivity contribution in [2.24, 2.45) is 5.10 Å². The Balaban J connectivity index is 1.91. The monoisotopic (exact) mass is 290 g/mol. The standard InChI is InChI=1S/C15H12F2N2O2/c16-12-3-1-2-10(6-12)8-15(21)19-18-9-11-4-5-14(20)13(17)7-11/h1-7,9,20H,8H2,(H,19,21). The summed E-state index contributed by atoms with van der Waals surface area (Å²) in [6.07, 6.45) is 1.23. The van der Waals surface area contributed by atoms with E-state index >= 15 is 0 Å². The van der Waals surface area contributed by atoms with Gasteiger partial charge < -0.3 is 5.11 Å². The summed E-state index contributed by atoms with van der Waals surface area (Å²) in [7, 11) is 0. The van der Waals surface area contributed by atoms with E-state index in [0.29, 0.717) is 11.1 Å². The van der Waals surface area contributed by atoms with Crippen LogP contribution in [0, 0.1) is 11.6 Å². The zero-order valence-electron chi connectivity index (χ0n) is 10.9. The molecule has 0 aliphatic carbocycles. The van der Waals surface area contributed by atoms with Crippen LogP contribution in [0.4, 0.5) is 8.78 Å². The lowest BCUT2D eigenvalue weighted by Crippen LogP contribution is -2.19. The number of phenols is 1. The van der Waals surface area contributed by atoms with Gasteiger partial charge in [0.1, 0.15) is 5.82 Å². The lowest BCUT2D eigenvalue weighted by molar-refractivity contribution is -0.120. The Morgan fingerprint density at radius 3 is 2.76 bits per heavy atom. The van der Waals surface area contributed by atoms with Gasteiger partial charge >= 0.3 is 0 Å². The van der Waals surface area contributed by atoms with Gasteiger partial charge in [-0.25, -0.2) is 14.2 Å². The average Bonchev–Trinajstić information content (AvgIpc) is 2.43. The summed E-state index contributed by atoms with van der Waals surface area (Å²) in [5.41, 5.74) is 3.17. The molecular formula is C15H12F2N2O2. The molecule has 0 aromatic heterocycles. The van der Waals surface area contributed by atoms with Crippen molar-refractivity contribution in [2.45, 2.75) is 6.42 Å². The lowest BCUT2D eigenvalue weighted by atomic mass is 10.1. The molecule has 2 N–H and O–H groups in total. The number of phenolic OH excluding ortho intramolecular Hbond substituents is 1. The first-order valence-corrected chi connectivity index (χ1v) is 6.09. The smallest absolute Gasteiger partial charge is 0.244 e. The Morgan fingerprint density at radius 2 is 2.05 bits per heavy atom. The van der Waals surface area contributed by atoms with E-state index in [4.69, 9.17) is 5.11 Å². The van der Waals surface area contributed by atoms with E-state index in [9.17, 15) is 13.6 Å². The van der Waals surface area contributed by atoms with Crippen molar-refractivity contribution in [3.63, 3.8) is 0 Å². The van der Waals surface area contributed by atoms with Crippen LogP contribution >= 0.6 is 0 Å². The first kappa shape index (κ1) is 14.6. The van der Waals surface area contributed by atoms with Crippen LogP contribution in [0.2, 0.25) is 0 Å². The highest BCUT2D eigenvalue weighted by molar-refractivity contribution is 5.83. The van der Waals surface area contributed by atoms with Gasteiger partial charge in [-0.1, -0.05) is 12.1 Å². The molecule has 0 bridgehead atoms. The molecule has 0 saturated carbocycles. The second-order valence-electron chi connectivity index (χ2n) is 4.31. The SMILES string of the molecule is O=C(Cc1cccc(F)c1)NN=Cc1ccc(O)c(F)c1. The highest BCUT2D eigenvalue weighted by Crippen LogP contribution is 2.14. The number of rotatable bonds is 4. The molecule has 0 aliphatic rings. The quantitative estimate of drug-likeness (QED) is 0.671. The number of halogens is 2. The topological polar surface area (TPSA) is 61.7 Å². The number of hydrazone groups is 1. The predicted molar refractivity (Wildman–Crippen MR) is 73.9 cm³/mol. The summed E-state index contributed by atoms with van der Waals surface area (Å²) in [4.78, 5) is 11.6. The van der Waals surface area contributed by atoms with Crippen molar-refractivity contribution in [3.8, 4) is 5.75 Å². The molecule has 4 nitrogen and oxygen atoms in total. The van der Waals surface area contributed by atoms with Gasteiger partial charge in [0.05, 0.1) is 12.6 Å². The first-order chi connectivity index (χ1) is 10.0. The number of benzene rings is 2. The van der Waals surface area contributed by atoms with E-state index < -0.39 is 23.3 Å². The van der Waals surface area contributed by atoms with E-state index in [1.165, 1.54) is 36.5 Å². The van der Waals surface area contributed by atoms with Crippen molar-refractivity contribution in [1.29, 1.82) is 0 Å². The van der Waals surface area contributed by atoms with Gasteiger partial charge in [0.15, 0.2) is 11.6 Å². The average molecular weight is 290 g/mol. The van der Waals surface area contributed by atoms with Crippen molar-refractivity contribution >= 4 is 12.1 Å². The molecule has 0 heterocycles. The molecule has 0 saturated heterocycles. The van der Waals surface area contributed by atoms with Crippen molar-refractivity contribution < 1.29 is 18.7 Å². The molecule has 2 rings (SSSR count). The fraction of sp³-hybridized carbons (Fsp3) is 0.0667. The third kappa shape index (κ3) is 4.38. The molecule has 2 aromatic carbocycles. The van der Waals surface area contributed by atoms with E-state index in [-0.39, 0.29) is 6.42 Å². The molecule has 0 unspecified atom stereocenters. The molecule has 108 valence electrons. The second-order valence-corrected chi connectivity index (χ2v) is 4.31. The van der Waals surface area contributed by atoms with Crippen LogP contribution in [0.1, 0.15) is 11.1 Å². The van der Waals surface area contributed by atoms with Gasteiger partial charge in [-0.15, -0.1) is 0 Å². The van der Waals surface area contributed by atoms with Crippen LogP contribution in [0.3, 0.4) is 0 Å². The third-order valence-corrected chi connectivity index (χ3v) is 2.63. The summed E-state index contributed by atoms with van der Waals surface area (Å²) in [6.45, 7) is 0. The number of amides is 1. The molecular weight excluding hydrogens is 278 g/mol. The predicted octanol–water partition coefficient (Wildman–Crippen LogP) is 2.36. The summed E-state index contributed by atoms with van der Waals surface area (Å²) in [5.74, 6) is -2.06. The van der Waals surface area contributed by atoms with Crippen LogP contribution in [-0.4, -0.2) is 17.2 Å². The Bertz CT molecular complexity index is 687. The molecule has 21 heavy (non-hydrogen) atoms. The fourth-order valence-corrected chi connectivity index (χ4v) is 1.65. The van der Waals surface area contributed by atoms with Gasteiger partial charge in [0.2, 0.25) is 5.91 Å². The number of nitrogens with zero attached hydrogens (tertiary/aromatic N) is 1. The molecule has 0 fully saturated rings. The number of aromatic hydroxyl groups is 1. The summed E-state index contributed by atoms with van der Waals surface area (Å²) >= 11 is 0. The van der Waals surface area contributed by atoms with Crippen LogP contribution in [0.15, 0.2) is 47.6 Å². The van der Waals surface area contributed by atoms with Crippen LogP contribution < -0.4 is 5.43 Å². The Morgan fingerprint density at radius 1 is 1.24 bits per heavy atom. The second kappa shape index (κ2) is 6.60. The van der Waals surface area contributed by atoms with Gasteiger partial charge in [0.25, 0.3) is 0 Å².